The molecule has 1 saturated heterocycles. The minimum Gasteiger partial charge on any atom is -0.303 e. The molecule has 1 aliphatic heterocycles. The Morgan fingerprint density at radius 2 is 1.73 bits per heavy atom. The number of para-hydroxylation sites is 1. The second-order valence-electron chi connectivity index (χ2n) is 8.05. The van der Waals surface area contributed by atoms with Crippen molar-refractivity contribution in [2.24, 2.45) is 0 Å². The first kappa shape index (κ1) is 23.3. The fourth-order valence-electron chi connectivity index (χ4n) is 3.98. The van der Waals surface area contributed by atoms with Gasteiger partial charge in [0.2, 0.25) is 10.0 Å². The van der Waals surface area contributed by atoms with Crippen molar-refractivity contribution in [2.45, 2.75) is 26.2 Å². The van der Waals surface area contributed by atoms with Crippen molar-refractivity contribution in [1.82, 2.24) is 14.6 Å². The molecular formula is C23H26ClN5O3S. The van der Waals surface area contributed by atoms with E-state index in [0.717, 1.165) is 44.3 Å². The maximum Gasteiger partial charge on any atom is 0.293 e. The third-order valence-corrected chi connectivity index (χ3v) is 6.47. The van der Waals surface area contributed by atoms with Crippen molar-refractivity contribution in [3.05, 3.63) is 71.3 Å². The van der Waals surface area contributed by atoms with Crippen LogP contribution in [0.2, 0.25) is 5.02 Å². The summed E-state index contributed by atoms with van der Waals surface area (Å²) in [7, 11) is -3.35. The van der Waals surface area contributed by atoms with E-state index in [1.807, 2.05) is 30.1 Å². The van der Waals surface area contributed by atoms with Crippen LogP contribution in [0.3, 0.4) is 0 Å². The highest BCUT2D eigenvalue weighted by atomic mass is 35.5. The Morgan fingerprint density at radius 3 is 2.36 bits per heavy atom. The number of piperidine rings is 1. The number of benzene rings is 2. The average Bonchev–Trinajstić information content (AvgIpc) is 3.17. The van der Waals surface area contributed by atoms with Crippen LogP contribution in [0.25, 0.3) is 5.69 Å². The van der Waals surface area contributed by atoms with Crippen LogP contribution in [-0.2, 0) is 10.0 Å². The first-order valence-electron chi connectivity index (χ1n) is 10.7. The Balaban J connectivity index is 1.67. The standard InChI is InChI=1S/C23H26ClN5O3S/c1-17-22(25-16-28(17)19-12-10-18(11-13-19)26-33(2,31)32)23(30)29(27-14-6-3-7-15-27)21-9-5-4-8-20(21)24/h4-5,8-13,16,26H,3,6-7,14-15H2,1-2H3. The molecule has 2 aromatic carbocycles. The predicted molar refractivity (Wildman–Crippen MR) is 130 cm³/mol. The normalized spacial score (nSPS) is 14.8. The summed E-state index contributed by atoms with van der Waals surface area (Å²) in [5.74, 6) is -0.239. The van der Waals surface area contributed by atoms with Crippen molar-refractivity contribution >= 4 is 38.9 Å². The molecule has 4 rings (SSSR count). The molecule has 2 heterocycles. The number of anilines is 2. The van der Waals surface area contributed by atoms with E-state index in [4.69, 9.17) is 11.6 Å². The molecule has 1 amide bonds. The fraction of sp³-hybridized carbons (Fsp3) is 0.304. The SMILES string of the molecule is Cc1c(C(=O)N(c2ccccc2Cl)N2CCCCC2)ncn1-c1ccc(NS(C)(=O)=O)cc1. The lowest BCUT2D eigenvalue weighted by molar-refractivity contribution is 0.0867. The van der Waals surface area contributed by atoms with Crippen LogP contribution in [0.5, 0.6) is 0 Å². The van der Waals surface area contributed by atoms with Gasteiger partial charge in [-0.1, -0.05) is 30.2 Å². The van der Waals surface area contributed by atoms with Crippen LogP contribution in [0.1, 0.15) is 35.4 Å². The molecule has 1 N–H and O–H groups in total. The van der Waals surface area contributed by atoms with Gasteiger partial charge in [-0.25, -0.2) is 23.4 Å². The number of aromatic nitrogens is 2. The van der Waals surface area contributed by atoms with Crippen molar-refractivity contribution < 1.29 is 13.2 Å². The van der Waals surface area contributed by atoms with Crippen molar-refractivity contribution in [1.29, 1.82) is 0 Å². The molecule has 0 bridgehead atoms. The Morgan fingerprint density at radius 1 is 1.06 bits per heavy atom. The van der Waals surface area contributed by atoms with Gasteiger partial charge in [0.25, 0.3) is 5.91 Å². The molecule has 1 aromatic heterocycles. The third kappa shape index (κ3) is 5.21. The number of nitrogens with zero attached hydrogens (tertiary/aromatic N) is 4. The largest absolute Gasteiger partial charge is 0.303 e. The van der Waals surface area contributed by atoms with Crippen LogP contribution >= 0.6 is 11.6 Å². The predicted octanol–water partition coefficient (Wildman–Crippen LogP) is 4.25. The summed E-state index contributed by atoms with van der Waals surface area (Å²) in [5, 5.41) is 4.19. The summed E-state index contributed by atoms with van der Waals surface area (Å²) in [6.45, 7) is 3.38. The molecule has 0 aliphatic carbocycles. The highest BCUT2D eigenvalue weighted by Gasteiger charge is 2.30. The zero-order valence-electron chi connectivity index (χ0n) is 18.5. The summed E-state index contributed by atoms with van der Waals surface area (Å²) in [5.41, 5.74) is 2.87. The van der Waals surface area contributed by atoms with Crippen LogP contribution in [-0.4, -0.2) is 48.2 Å². The number of halogens is 1. The van der Waals surface area contributed by atoms with Crippen LogP contribution < -0.4 is 9.73 Å². The lowest BCUT2D eigenvalue weighted by atomic mass is 10.1. The number of carbonyl (C=O) groups is 1. The van der Waals surface area contributed by atoms with Crippen LogP contribution in [0.4, 0.5) is 11.4 Å². The van der Waals surface area contributed by atoms with Crippen LogP contribution in [0, 0.1) is 6.92 Å². The zero-order chi connectivity index (χ0) is 23.6. The van der Waals surface area contributed by atoms with Gasteiger partial charge in [-0.05, 0) is 56.2 Å². The highest BCUT2D eigenvalue weighted by Crippen LogP contribution is 2.30. The van der Waals surface area contributed by atoms with E-state index >= 15 is 0 Å². The third-order valence-electron chi connectivity index (χ3n) is 5.55. The molecule has 0 atom stereocenters. The Bertz CT molecular complexity index is 1250. The highest BCUT2D eigenvalue weighted by molar-refractivity contribution is 7.92. The fourth-order valence-corrected chi connectivity index (χ4v) is 4.76. The van der Waals surface area contributed by atoms with E-state index in [-0.39, 0.29) is 5.91 Å². The molecular weight excluding hydrogens is 462 g/mol. The molecule has 1 fully saturated rings. The molecule has 0 unspecified atom stereocenters. The minimum absolute atomic E-state index is 0.239. The number of amides is 1. The van der Waals surface area contributed by atoms with E-state index in [1.54, 1.807) is 46.2 Å². The lowest BCUT2D eigenvalue weighted by Gasteiger charge is -2.37. The first-order valence-corrected chi connectivity index (χ1v) is 13.0. The molecule has 10 heteroatoms. The van der Waals surface area contributed by atoms with Gasteiger partial charge < -0.3 is 4.57 Å². The van der Waals surface area contributed by atoms with E-state index in [2.05, 4.69) is 9.71 Å². The number of imidazole rings is 1. The number of sulfonamides is 1. The first-order chi connectivity index (χ1) is 15.7. The number of hydrogen-bond donors (Lipinski definition) is 1. The maximum atomic E-state index is 13.7. The molecule has 8 nitrogen and oxygen atoms in total. The van der Waals surface area contributed by atoms with Gasteiger partial charge in [-0.2, -0.15) is 0 Å². The summed E-state index contributed by atoms with van der Waals surface area (Å²) >= 11 is 6.48. The average molecular weight is 488 g/mol. The van der Waals surface area contributed by atoms with E-state index < -0.39 is 10.0 Å². The van der Waals surface area contributed by atoms with Crippen molar-refractivity contribution in [2.75, 3.05) is 29.1 Å². The summed E-state index contributed by atoms with van der Waals surface area (Å²) in [6, 6.07) is 14.2. The van der Waals surface area contributed by atoms with Gasteiger partial charge in [0.05, 0.1) is 22.7 Å². The van der Waals surface area contributed by atoms with Crippen molar-refractivity contribution in [3.8, 4) is 5.69 Å². The molecule has 0 spiro atoms. The second-order valence-corrected chi connectivity index (χ2v) is 10.2. The van der Waals surface area contributed by atoms with E-state index in [0.29, 0.717) is 27.8 Å². The van der Waals surface area contributed by atoms with E-state index in [1.165, 1.54) is 0 Å². The lowest BCUT2D eigenvalue weighted by Crippen LogP contribution is -2.49. The number of hydrazine groups is 1. The Hall–Kier alpha value is -2.88. The van der Waals surface area contributed by atoms with Gasteiger partial charge in [-0.15, -0.1) is 0 Å². The molecule has 0 saturated carbocycles. The minimum atomic E-state index is -3.35. The Kier molecular flexibility index (Phi) is 6.73. The maximum absolute atomic E-state index is 13.7. The quantitative estimate of drug-likeness (QED) is 0.561. The summed E-state index contributed by atoms with van der Waals surface area (Å²) in [6.07, 6.45) is 5.86. The van der Waals surface area contributed by atoms with Crippen molar-refractivity contribution in [3.63, 3.8) is 0 Å². The van der Waals surface area contributed by atoms with Gasteiger partial charge in [0.1, 0.15) is 6.33 Å². The topological polar surface area (TPSA) is 87.5 Å². The molecule has 0 radical (unpaired) electrons. The number of nitrogens with one attached hydrogen (secondary N) is 1. The molecule has 1 aliphatic rings. The van der Waals surface area contributed by atoms with E-state index in [9.17, 15) is 13.2 Å². The monoisotopic (exact) mass is 487 g/mol. The molecule has 174 valence electrons. The Labute approximate surface area is 198 Å². The van der Waals surface area contributed by atoms with Crippen LogP contribution in [0.15, 0.2) is 54.9 Å². The van der Waals surface area contributed by atoms with Gasteiger partial charge in [0.15, 0.2) is 5.69 Å². The number of hydrogen-bond acceptors (Lipinski definition) is 5. The van der Waals surface area contributed by atoms with Gasteiger partial charge in [-0.3, -0.25) is 9.52 Å². The number of rotatable bonds is 6. The summed E-state index contributed by atoms with van der Waals surface area (Å²) < 4.78 is 27.1. The van der Waals surface area contributed by atoms with Gasteiger partial charge >= 0.3 is 0 Å². The zero-order valence-corrected chi connectivity index (χ0v) is 20.1. The molecule has 33 heavy (non-hydrogen) atoms. The summed E-state index contributed by atoms with van der Waals surface area (Å²) in [4.78, 5) is 18.2. The van der Waals surface area contributed by atoms with Gasteiger partial charge in [0, 0.05) is 24.5 Å². The number of carbonyl (C=O) groups excluding carboxylic acids is 1. The second kappa shape index (κ2) is 9.54. The smallest absolute Gasteiger partial charge is 0.293 e. The molecule has 3 aromatic rings.